The lowest BCUT2D eigenvalue weighted by Gasteiger charge is -2.28. The lowest BCUT2D eigenvalue weighted by atomic mass is 10.0. The van der Waals surface area contributed by atoms with Crippen LogP contribution in [0.25, 0.3) is 0 Å². The molecular weight excluding hydrogens is 260 g/mol. The van der Waals surface area contributed by atoms with Crippen molar-refractivity contribution >= 4 is 5.91 Å². The summed E-state index contributed by atoms with van der Waals surface area (Å²) in [6, 6.07) is 10.3. The van der Waals surface area contributed by atoms with Gasteiger partial charge in [0.05, 0.1) is 6.04 Å². The first-order chi connectivity index (χ1) is 10.1. The van der Waals surface area contributed by atoms with Crippen LogP contribution in [-0.2, 0) is 4.79 Å². The predicted molar refractivity (Wildman–Crippen MR) is 84.6 cm³/mol. The van der Waals surface area contributed by atoms with Crippen molar-refractivity contribution in [2.75, 3.05) is 6.54 Å². The van der Waals surface area contributed by atoms with Gasteiger partial charge in [-0.2, -0.15) is 0 Å². The maximum atomic E-state index is 12.8. The minimum Gasteiger partial charge on any atom is -0.321 e. The molecule has 0 spiro atoms. The van der Waals surface area contributed by atoms with E-state index in [1.54, 1.807) is 0 Å². The standard InChI is InChI=1S/C18H26N2O/c1-4-18(10-11-18)12-20-16(14-8-6-5-7-9-14)19-15(13(2)3)17(20)21/h5-9,13,15-16,19H,4,10-12H2,1-3H3. The maximum absolute atomic E-state index is 12.8. The highest BCUT2D eigenvalue weighted by atomic mass is 16.2. The van der Waals surface area contributed by atoms with Gasteiger partial charge in [-0.15, -0.1) is 0 Å². The Hall–Kier alpha value is -1.35. The van der Waals surface area contributed by atoms with Crippen LogP contribution in [0, 0.1) is 11.3 Å². The topological polar surface area (TPSA) is 32.3 Å². The molecule has 2 unspecified atom stereocenters. The lowest BCUT2D eigenvalue weighted by molar-refractivity contribution is -0.131. The average Bonchev–Trinajstić information content (AvgIpc) is 3.19. The highest BCUT2D eigenvalue weighted by Gasteiger charge is 2.48. The predicted octanol–water partition coefficient (Wildman–Crippen LogP) is 3.33. The normalized spacial score (nSPS) is 27.4. The van der Waals surface area contributed by atoms with Gasteiger partial charge in [-0.3, -0.25) is 10.1 Å². The number of benzene rings is 1. The van der Waals surface area contributed by atoms with Crippen LogP contribution in [0.1, 0.15) is 51.8 Å². The van der Waals surface area contributed by atoms with E-state index in [0.717, 1.165) is 6.54 Å². The minimum absolute atomic E-state index is 0.0372. The lowest BCUT2D eigenvalue weighted by Crippen LogP contribution is -2.37. The minimum atomic E-state index is -0.0529. The van der Waals surface area contributed by atoms with Crippen LogP contribution in [0.4, 0.5) is 0 Å². The summed E-state index contributed by atoms with van der Waals surface area (Å²) in [5.41, 5.74) is 1.58. The van der Waals surface area contributed by atoms with Gasteiger partial charge in [-0.05, 0) is 36.2 Å². The van der Waals surface area contributed by atoms with Crippen LogP contribution in [-0.4, -0.2) is 23.4 Å². The number of hydrogen-bond acceptors (Lipinski definition) is 2. The van der Waals surface area contributed by atoms with E-state index in [-0.39, 0.29) is 18.1 Å². The summed E-state index contributed by atoms with van der Waals surface area (Å²) < 4.78 is 0. The Morgan fingerprint density at radius 1 is 1.29 bits per heavy atom. The second-order valence-electron chi connectivity index (χ2n) is 7.02. The largest absolute Gasteiger partial charge is 0.321 e. The Balaban J connectivity index is 1.86. The van der Waals surface area contributed by atoms with E-state index in [2.05, 4.69) is 55.3 Å². The Labute approximate surface area is 127 Å². The van der Waals surface area contributed by atoms with Crippen molar-refractivity contribution in [1.29, 1.82) is 0 Å². The van der Waals surface area contributed by atoms with Crippen molar-refractivity contribution in [3.63, 3.8) is 0 Å². The SMILES string of the molecule is CCC1(CN2C(=O)C(C(C)C)NC2c2ccccc2)CC1. The van der Waals surface area contributed by atoms with Gasteiger partial charge in [0.2, 0.25) is 5.91 Å². The third kappa shape index (κ3) is 2.71. The number of carbonyl (C=O) groups excluding carboxylic acids is 1. The molecule has 0 radical (unpaired) electrons. The fourth-order valence-corrected chi connectivity index (χ4v) is 3.36. The van der Waals surface area contributed by atoms with Crippen molar-refractivity contribution in [3.05, 3.63) is 35.9 Å². The van der Waals surface area contributed by atoms with Crippen LogP contribution in [0.5, 0.6) is 0 Å². The van der Waals surface area contributed by atoms with E-state index < -0.39 is 0 Å². The second-order valence-corrected chi connectivity index (χ2v) is 7.02. The molecule has 1 aromatic carbocycles. The van der Waals surface area contributed by atoms with Gasteiger partial charge in [0, 0.05) is 6.54 Å². The summed E-state index contributed by atoms with van der Waals surface area (Å²) in [4.78, 5) is 14.9. The molecule has 0 aromatic heterocycles. The van der Waals surface area contributed by atoms with Crippen molar-refractivity contribution in [2.45, 2.75) is 52.2 Å². The summed E-state index contributed by atoms with van der Waals surface area (Å²) in [7, 11) is 0. The molecule has 1 aliphatic carbocycles. The summed E-state index contributed by atoms with van der Waals surface area (Å²) in [5.74, 6) is 0.601. The zero-order valence-corrected chi connectivity index (χ0v) is 13.3. The molecule has 1 aliphatic heterocycles. The van der Waals surface area contributed by atoms with Crippen LogP contribution in [0.3, 0.4) is 0 Å². The van der Waals surface area contributed by atoms with E-state index >= 15 is 0 Å². The molecule has 3 nitrogen and oxygen atoms in total. The molecule has 1 aromatic rings. The molecule has 0 bridgehead atoms. The second kappa shape index (κ2) is 5.45. The molecule has 3 rings (SSSR count). The van der Waals surface area contributed by atoms with Crippen LogP contribution in [0.15, 0.2) is 30.3 Å². The number of carbonyl (C=O) groups is 1. The van der Waals surface area contributed by atoms with E-state index in [4.69, 9.17) is 0 Å². The average molecular weight is 286 g/mol. The third-order valence-corrected chi connectivity index (χ3v) is 5.19. The van der Waals surface area contributed by atoms with Crippen molar-refractivity contribution in [1.82, 2.24) is 10.2 Å². The van der Waals surface area contributed by atoms with E-state index in [1.165, 1.54) is 24.8 Å². The van der Waals surface area contributed by atoms with Gasteiger partial charge in [0.15, 0.2) is 0 Å². The first kappa shape index (κ1) is 14.6. The molecule has 3 heteroatoms. The molecule has 2 fully saturated rings. The Morgan fingerprint density at radius 3 is 2.48 bits per heavy atom. The molecule has 1 saturated carbocycles. The Morgan fingerprint density at radius 2 is 1.95 bits per heavy atom. The summed E-state index contributed by atoms with van der Waals surface area (Å²) in [5, 5.41) is 3.56. The monoisotopic (exact) mass is 286 g/mol. The molecule has 2 atom stereocenters. The van der Waals surface area contributed by atoms with Crippen molar-refractivity contribution in [2.24, 2.45) is 11.3 Å². The van der Waals surface area contributed by atoms with E-state index in [9.17, 15) is 4.79 Å². The highest BCUT2D eigenvalue weighted by molar-refractivity contribution is 5.85. The first-order valence-electron chi connectivity index (χ1n) is 8.18. The Kier molecular flexibility index (Phi) is 3.78. The summed E-state index contributed by atoms with van der Waals surface area (Å²) >= 11 is 0. The smallest absolute Gasteiger partial charge is 0.241 e. The van der Waals surface area contributed by atoms with Gasteiger partial charge < -0.3 is 4.90 Å². The zero-order chi connectivity index (χ0) is 15.0. The van der Waals surface area contributed by atoms with Gasteiger partial charge >= 0.3 is 0 Å². The number of hydrogen-bond donors (Lipinski definition) is 1. The molecule has 1 N–H and O–H groups in total. The van der Waals surface area contributed by atoms with Crippen LogP contribution in [0.2, 0.25) is 0 Å². The van der Waals surface area contributed by atoms with Crippen LogP contribution >= 0.6 is 0 Å². The number of nitrogens with one attached hydrogen (secondary N) is 1. The Bertz CT molecular complexity index is 507. The van der Waals surface area contributed by atoms with Gasteiger partial charge in [-0.25, -0.2) is 0 Å². The summed E-state index contributed by atoms with van der Waals surface area (Å²) in [6.45, 7) is 7.39. The highest BCUT2D eigenvalue weighted by Crippen LogP contribution is 2.50. The van der Waals surface area contributed by atoms with Gasteiger partial charge in [0.1, 0.15) is 6.17 Å². The third-order valence-electron chi connectivity index (χ3n) is 5.19. The number of nitrogens with zero attached hydrogens (tertiary/aromatic N) is 1. The molecular formula is C18H26N2O. The molecule has 1 saturated heterocycles. The molecule has 21 heavy (non-hydrogen) atoms. The van der Waals surface area contributed by atoms with Gasteiger partial charge in [-0.1, -0.05) is 51.1 Å². The zero-order valence-electron chi connectivity index (χ0n) is 13.3. The molecule has 1 amide bonds. The van der Waals surface area contributed by atoms with Crippen LogP contribution < -0.4 is 5.32 Å². The molecule has 114 valence electrons. The molecule has 1 heterocycles. The van der Waals surface area contributed by atoms with E-state index in [0.29, 0.717) is 11.3 Å². The summed E-state index contributed by atoms with van der Waals surface area (Å²) in [6.07, 6.45) is 3.74. The van der Waals surface area contributed by atoms with E-state index in [1.807, 2.05) is 6.07 Å². The maximum Gasteiger partial charge on any atom is 0.241 e. The number of rotatable bonds is 5. The van der Waals surface area contributed by atoms with Crippen molar-refractivity contribution in [3.8, 4) is 0 Å². The quantitative estimate of drug-likeness (QED) is 0.900. The fourth-order valence-electron chi connectivity index (χ4n) is 3.36. The number of amides is 1. The molecule has 2 aliphatic rings. The fraction of sp³-hybridized carbons (Fsp3) is 0.611. The van der Waals surface area contributed by atoms with Crippen molar-refractivity contribution < 1.29 is 4.79 Å². The first-order valence-corrected chi connectivity index (χ1v) is 8.18. The van der Waals surface area contributed by atoms with Gasteiger partial charge in [0.25, 0.3) is 0 Å².